The summed E-state index contributed by atoms with van der Waals surface area (Å²) in [5, 5.41) is 4.89. The van der Waals surface area contributed by atoms with E-state index in [2.05, 4.69) is 33.2 Å². The van der Waals surface area contributed by atoms with Crippen LogP contribution in [0, 0.1) is 0 Å². The summed E-state index contributed by atoms with van der Waals surface area (Å²) in [6.07, 6.45) is 9.63. The van der Waals surface area contributed by atoms with E-state index in [1.54, 1.807) is 17.7 Å². The number of rotatable bonds is 4. The second-order valence-electron chi connectivity index (χ2n) is 6.57. The Kier molecular flexibility index (Phi) is 4.01. The van der Waals surface area contributed by atoms with Crippen molar-refractivity contribution >= 4 is 27.4 Å². The number of hydrogen-bond acceptors (Lipinski definition) is 5. The molecule has 3 heterocycles. The molecule has 0 spiro atoms. The molecule has 0 aromatic carbocycles. The Balaban J connectivity index is 1.48. The van der Waals surface area contributed by atoms with Gasteiger partial charge in [0.25, 0.3) is 0 Å². The average Bonchev–Trinajstić information content (AvgIpc) is 3.27. The van der Waals surface area contributed by atoms with Crippen molar-refractivity contribution in [1.82, 2.24) is 14.9 Å². The quantitative estimate of drug-likeness (QED) is 0.934. The van der Waals surface area contributed by atoms with Gasteiger partial charge in [0.1, 0.15) is 17.0 Å². The number of thiophene rings is 1. The van der Waals surface area contributed by atoms with Crippen LogP contribution in [0.3, 0.4) is 0 Å². The summed E-state index contributed by atoms with van der Waals surface area (Å²) in [6.45, 7) is 4.60. The van der Waals surface area contributed by atoms with Crippen LogP contribution < -0.4 is 5.32 Å². The predicted molar refractivity (Wildman–Crippen MR) is 92.6 cm³/mol. The van der Waals surface area contributed by atoms with Crippen LogP contribution in [-0.4, -0.2) is 40.0 Å². The molecule has 0 radical (unpaired) electrons. The Morgan fingerprint density at radius 3 is 2.95 bits per heavy atom. The predicted octanol–water partition coefficient (Wildman–Crippen LogP) is 3.68. The lowest BCUT2D eigenvalue weighted by atomic mass is 10.2. The molecule has 1 saturated carbocycles. The maximum Gasteiger partial charge on any atom is 0.138 e. The lowest BCUT2D eigenvalue weighted by Crippen LogP contribution is -2.33. The van der Waals surface area contributed by atoms with Crippen LogP contribution in [0.15, 0.2) is 12.4 Å². The van der Waals surface area contributed by atoms with E-state index < -0.39 is 0 Å². The summed E-state index contributed by atoms with van der Waals surface area (Å²) in [4.78, 5) is 14.1. The fourth-order valence-electron chi connectivity index (χ4n) is 3.89. The number of nitrogens with zero attached hydrogens (tertiary/aromatic N) is 3. The maximum atomic E-state index is 4.51. The Morgan fingerprint density at radius 2 is 2.14 bits per heavy atom. The van der Waals surface area contributed by atoms with Gasteiger partial charge in [0, 0.05) is 30.1 Å². The van der Waals surface area contributed by atoms with Gasteiger partial charge in [-0.3, -0.25) is 4.90 Å². The highest BCUT2D eigenvalue weighted by Gasteiger charge is 2.30. The Hall–Kier alpha value is -1.20. The van der Waals surface area contributed by atoms with E-state index in [9.17, 15) is 0 Å². The summed E-state index contributed by atoms with van der Waals surface area (Å²) in [7, 11) is 0. The van der Waals surface area contributed by atoms with Gasteiger partial charge in [-0.05, 0) is 31.7 Å². The maximum absolute atomic E-state index is 4.51. The van der Waals surface area contributed by atoms with Gasteiger partial charge >= 0.3 is 0 Å². The number of anilines is 1. The van der Waals surface area contributed by atoms with Crippen LogP contribution in [0.5, 0.6) is 0 Å². The smallest absolute Gasteiger partial charge is 0.138 e. The SMILES string of the molecule is CCc1cc2c(NC3CCN(C4CCCC4)C3)ncnc2s1. The molecule has 5 heteroatoms. The number of aromatic nitrogens is 2. The molecular formula is C17H24N4S. The first-order valence-corrected chi connectivity index (χ1v) is 9.39. The minimum atomic E-state index is 0.531. The van der Waals surface area contributed by atoms with Crippen molar-refractivity contribution in [2.45, 2.75) is 57.5 Å². The molecule has 1 saturated heterocycles. The molecule has 2 aromatic rings. The van der Waals surface area contributed by atoms with Crippen LogP contribution in [0.2, 0.25) is 0 Å². The van der Waals surface area contributed by atoms with Crippen molar-refractivity contribution in [1.29, 1.82) is 0 Å². The molecule has 118 valence electrons. The third kappa shape index (κ3) is 2.72. The van der Waals surface area contributed by atoms with Gasteiger partial charge in [-0.25, -0.2) is 9.97 Å². The minimum Gasteiger partial charge on any atom is -0.365 e. The zero-order valence-corrected chi connectivity index (χ0v) is 14.0. The molecule has 2 aliphatic rings. The Labute approximate surface area is 136 Å². The van der Waals surface area contributed by atoms with Gasteiger partial charge in [0.2, 0.25) is 0 Å². The first kappa shape index (κ1) is 14.4. The number of aryl methyl sites for hydroxylation is 1. The highest BCUT2D eigenvalue weighted by molar-refractivity contribution is 7.18. The van der Waals surface area contributed by atoms with Gasteiger partial charge < -0.3 is 5.32 Å². The Bertz CT molecular complexity index is 647. The monoisotopic (exact) mass is 316 g/mol. The highest BCUT2D eigenvalue weighted by Crippen LogP contribution is 2.31. The molecule has 0 bridgehead atoms. The van der Waals surface area contributed by atoms with E-state index in [-0.39, 0.29) is 0 Å². The van der Waals surface area contributed by atoms with E-state index in [4.69, 9.17) is 0 Å². The molecule has 2 aromatic heterocycles. The lowest BCUT2D eigenvalue weighted by Gasteiger charge is -2.23. The summed E-state index contributed by atoms with van der Waals surface area (Å²) < 4.78 is 0. The zero-order chi connectivity index (χ0) is 14.9. The molecule has 0 amide bonds. The van der Waals surface area contributed by atoms with E-state index in [1.807, 2.05) is 0 Å². The van der Waals surface area contributed by atoms with E-state index in [0.29, 0.717) is 6.04 Å². The van der Waals surface area contributed by atoms with Crippen molar-refractivity contribution < 1.29 is 0 Å². The summed E-state index contributed by atoms with van der Waals surface area (Å²) in [5.41, 5.74) is 0. The second kappa shape index (κ2) is 6.13. The van der Waals surface area contributed by atoms with Crippen LogP contribution in [0.1, 0.15) is 43.9 Å². The molecule has 1 aliphatic heterocycles. The number of hydrogen-bond donors (Lipinski definition) is 1. The third-order valence-corrected chi connectivity index (χ3v) is 6.32. The average molecular weight is 316 g/mol. The third-order valence-electron chi connectivity index (χ3n) is 5.13. The fraction of sp³-hybridized carbons (Fsp3) is 0.647. The summed E-state index contributed by atoms with van der Waals surface area (Å²) in [5.74, 6) is 1.03. The van der Waals surface area contributed by atoms with Crippen LogP contribution >= 0.6 is 11.3 Å². The second-order valence-corrected chi connectivity index (χ2v) is 7.69. The first-order valence-electron chi connectivity index (χ1n) is 8.57. The molecule has 4 nitrogen and oxygen atoms in total. The van der Waals surface area contributed by atoms with Crippen molar-refractivity contribution in [3.05, 3.63) is 17.3 Å². The largest absolute Gasteiger partial charge is 0.365 e. The Morgan fingerprint density at radius 1 is 1.27 bits per heavy atom. The van der Waals surface area contributed by atoms with Gasteiger partial charge in [0.05, 0.1) is 5.39 Å². The van der Waals surface area contributed by atoms with Gasteiger partial charge in [0.15, 0.2) is 0 Å². The summed E-state index contributed by atoms with van der Waals surface area (Å²) >= 11 is 1.79. The molecule has 1 aliphatic carbocycles. The molecule has 1 unspecified atom stereocenters. The fourth-order valence-corrected chi connectivity index (χ4v) is 4.83. The van der Waals surface area contributed by atoms with Crippen molar-refractivity contribution in [2.24, 2.45) is 0 Å². The van der Waals surface area contributed by atoms with Crippen LogP contribution in [0.4, 0.5) is 5.82 Å². The normalized spacial score (nSPS) is 23.6. The molecular weight excluding hydrogens is 292 g/mol. The molecule has 1 N–H and O–H groups in total. The minimum absolute atomic E-state index is 0.531. The van der Waals surface area contributed by atoms with Crippen LogP contribution in [0.25, 0.3) is 10.2 Å². The molecule has 2 fully saturated rings. The van der Waals surface area contributed by atoms with Crippen LogP contribution in [-0.2, 0) is 6.42 Å². The van der Waals surface area contributed by atoms with E-state index in [0.717, 1.165) is 23.1 Å². The molecule has 4 rings (SSSR count). The molecule has 22 heavy (non-hydrogen) atoms. The standard InChI is InChI=1S/C17H24N4S/c1-2-14-9-15-16(18-11-19-17(15)22-14)20-12-7-8-21(10-12)13-5-3-4-6-13/h9,11-13H,2-8,10H2,1H3,(H,18,19,20). The van der Waals surface area contributed by atoms with Crippen molar-refractivity contribution in [2.75, 3.05) is 18.4 Å². The molecule has 1 atom stereocenters. The van der Waals surface area contributed by atoms with Gasteiger partial charge in [-0.2, -0.15) is 0 Å². The highest BCUT2D eigenvalue weighted by atomic mass is 32.1. The lowest BCUT2D eigenvalue weighted by molar-refractivity contribution is 0.245. The zero-order valence-electron chi connectivity index (χ0n) is 13.2. The van der Waals surface area contributed by atoms with E-state index in [1.165, 1.54) is 55.5 Å². The number of nitrogens with one attached hydrogen (secondary N) is 1. The van der Waals surface area contributed by atoms with Crippen molar-refractivity contribution in [3.8, 4) is 0 Å². The summed E-state index contributed by atoms with van der Waals surface area (Å²) in [6, 6.07) is 3.63. The number of likely N-dealkylation sites (tertiary alicyclic amines) is 1. The van der Waals surface area contributed by atoms with Crippen molar-refractivity contribution in [3.63, 3.8) is 0 Å². The first-order chi connectivity index (χ1) is 10.8. The van der Waals surface area contributed by atoms with Gasteiger partial charge in [-0.15, -0.1) is 11.3 Å². The van der Waals surface area contributed by atoms with E-state index >= 15 is 0 Å². The number of fused-ring (bicyclic) bond motifs is 1. The topological polar surface area (TPSA) is 41.0 Å². The van der Waals surface area contributed by atoms with Gasteiger partial charge in [-0.1, -0.05) is 19.8 Å².